The number of aliphatic hydroxyl groups excluding tert-OH is 1. The van der Waals surface area contributed by atoms with E-state index in [4.69, 9.17) is 4.74 Å². The molecule has 5 heteroatoms. The Kier molecular flexibility index (Phi) is 6.04. The molecule has 3 N–H and O–H groups in total. The maximum absolute atomic E-state index is 12.0. The number of ether oxygens (including phenoxy) is 1. The van der Waals surface area contributed by atoms with Crippen molar-refractivity contribution in [1.29, 1.82) is 0 Å². The highest BCUT2D eigenvalue weighted by Gasteiger charge is 2.43. The monoisotopic (exact) mass is 387 g/mol. The highest BCUT2D eigenvalue weighted by atomic mass is 16.5. The first kappa shape index (κ1) is 20.7. The Labute approximate surface area is 167 Å². The van der Waals surface area contributed by atoms with Crippen molar-refractivity contribution in [1.82, 2.24) is 5.32 Å². The van der Waals surface area contributed by atoms with E-state index in [1.54, 1.807) is 0 Å². The molecule has 1 aromatic rings. The van der Waals surface area contributed by atoms with Crippen LogP contribution in [0.2, 0.25) is 0 Å². The van der Waals surface area contributed by atoms with E-state index in [1.807, 2.05) is 6.92 Å². The molecule has 0 spiro atoms. The van der Waals surface area contributed by atoms with E-state index in [9.17, 15) is 15.0 Å². The number of hydrogen-bond donors (Lipinski definition) is 3. The number of rotatable bonds is 7. The Hall–Kier alpha value is -2.01. The first-order valence-corrected chi connectivity index (χ1v) is 10.4. The molecule has 2 aliphatic heterocycles. The standard InChI is InChI=1S/C23H33NO4/c1-14(2)7-5-8-15(3)9-6-10-23(4)20(26)12-17-19(25)11-16-18(21(17)28-23)13-24-22(16)27/h7,11,15,20,25-26H,5-6,8-10,12-13H2,1-4H3,(H,24,27). The molecule has 0 saturated carbocycles. The number of carbonyl (C=O) groups is 1. The van der Waals surface area contributed by atoms with Gasteiger partial charge in [-0.25, -0.2) is 0 Å². The van der Waals surface area contributed by atoms with Crippen molar-refractivity contribution in [3.8, 4) is 11.5 Å². The van der Waals surface area contributed by atoms with Gasteiger partial charge in [0.1, 0.15) is 17.1 Å². The topological polar surface area (TPSA) is 78.8 Å². The smallest absolute Gasteiger partial charge is 0.252 e. The third-order valence-electron chi connectivity index (χ3n) is 6.15. The minimum atomic E-state index is -0.709. The predicted molar refractivity (Wildman–Crippen MR) is 110 cm³/mol. The molecule has 5 nitrogen and oxygen atoms in total. The summed E-state index contributed by atoms with van der Waals surface area (Å²) in [5.41, 5.74) is 2.53. The summed E-state index contributed by atoms with van der Waals surface area (Å²) in [7, 11) is 0. The molecular weight excluding hydrogens is 354 g/mol. The summed E-state index contributed by atoms with van der Waals surface area (Å²) in [5, 5.41) is 23.9. The largest absolute Gasteiger partial charge is 0.508 e. The maximum atomic E-state index is 12.0. The second-order valence-corrected chi connectivity index (χ2v) is 8.90. The lowest BCUT2D eigenvalue weighted by Crippen LogP contribution is -2.49. The van der Waals surface area contributed by atoms with Gasteiger partial charge in [0, 0.05) is 24.1 Å². The molecule has 3 atom stereocenters. The minimum Gasteiger partial charge on any atom is -0.508 e. The van der Waals surface area contributed by atoms with Crippen LogP contribution in [0, 0.1) is 5.92 Å². The van der Waals surface area contributed by atoms with Crippen molar-refractivity contribution in [3.05, 3.63) is 34.4 Å². The molecule has 0 aromatic heterocycles. The second kappa shape index (κ2) is 8.16. The fraction of sp³-hybridized carbons (Fsp3) is 0.609. The molecule has 0 aliphatic carbocycles. The molecule has 1 amide bonds. The Bertz CT molecular complexity index is 781. The molecule has 0 fully saturated rings. The third kappa shape index (κ3) is 4.19. The number of aliphatic hydroxyl groups is 1. The van der Waals surface area contributed by atoms with Crippen LogP contribution in [-0.2, 0) is 13.0 Å². The van der Waals surface area contributed by atoms with Crippen molar-refractivity contribution >= 4 is 5.91 Å². The number of aromatic hydroxyl groups is 1. The second-order valence-electron chi connectivity index (χ2n) is 8.90. The van der Waals surface area contributed by atoms with Crippen LogP contribution >= 0.6 is 0 Å². The van der Waals surface area contributed by atoms with E-state index < -0.39 is 11.7 Å². The zero-order chi connectivity index (χ0) is 20.5. The van der Waals surface area contributed by atoms with Gasteiger partial charge in [-0.1, -0.05) is 25.0 Å². The van der Waals surface area contributed by atoms with Crippen LogP contribution in [0.4, 0.5) is 0 Å². The molecule has 2 aliphatic rings. The highest BCUT2D eigenvalue weighted by molar-refractivity contribution is 6.00. The van der Waals surface area contributed by atoms with Gasteiger partial charge in [0.05, 0.1) is 11.7 Å². The van der Waals surface area contributed by atoms with Gasteiger partial charge in [0.2, 0.25) is 0 Å². The van der Waals surface area contributed by atoms with Gasteiger partial charge in [0.25, 0.3) is 5.91 Å². The van der Waals surface area contributed by atoms with Crippen molar-refractivity contribution in [2.24, 2.45) is 5.92 Å². The van der Waals surface area contributed by atoms with E-state index in [2.05, 4.69) is 32.2 Å². The number of carbonyl (C=O) groups excluding carboxylic acids is 1. The van der Waals surface area contributed by atoms with Crippen LogP contribution in [0.1, 0.15) is 81.3 Å². The number of benzene rings is 1. The quantitative estimate of drug-likeness (QED) is 0.612. The fourth-order valence-electron chi connectivity index (χ4n) is 4.22. The zero-order valence-corrected chi connectivity index (χ0v) is 17.5. The van der Waals surface area contributed by atoms with Crippen LogP contribution in [0.25, 0.3) is 0 Å². The Morgan fingerprint density at radius 2 is 2.14 bits per heavy atom. The first-order valence-electron chi connectivity index (χ1n) is 10.4. The number of fused-ring (bicyclic) bond motifs is 3. The summed E-state index contributed by atoms with van der Waals surface area (Å²) in [6.45, 7) is 8.88. The van der Waals surface area contributed by atoms with Crippen molar-refractivity contribution in [2.45, 2.75) is 84.5 Å². The molecule has 2 heterocycles. The van der Waals surface area contributed by atoms with Gasteiger partial charge in [-0.3, -0.25) is 4.79 Å². The summed E-state index contributed by atoms with van der Waals surface area (Å²) in [6.07, 6.45) is 7.02. The summed E-state index contributed by atoms with van der Waals surface area (Å²) in [4.78, 5) is 12.0. The number of allylic oxidation sites excluding steroid dienone is 2. The van der Waals surface area contributed by atoms with Crippen molar-refractivity contribution < 1.29 is 19.7 Å². The molecule has 28 heavy (non-hydrogen) atoms. The predicted octanol–water partition coefficient (Wildman–Crippen LogP) is 4.24. The highest BCUT2D eigenvalue weighted by Crippen LogP contribution is 2.45. The van der Waals surface area contributed by atoms with Crippen molar-refractivity contribution in [2.75, 3.05) is 0 Å². The van der Waals surface area contributed by atoms with Gasteiger partial charge < -0.3 is 20.3 Å². The lowest BCUT2D eigenvalue weighted by molar-refractivity contribution is -0.0620. The Morgan fingerprint density at radius 3 is 2.86 bits per heavy atom. The Morgan fingerprint density at radius 1 is 1.39 bits per heavy atom. The van der Waals surface area contributed by atoms with Gasteiger partial charge >= 0.3 is 0 Å². The SMILES string of the molecule is CC(C)=CCCC(C)CCCC1(C)Oc2c(c(O)cc3c2CNC3=O)CC1O. The van der Waals surface area contributed by atoms with Crippen LogP contribution in [0.15, 0.2) is 17.7 Å². The normalized spacial score (nSPS) is 24.0. The number of hydrogen-bond acceptors (Lipinski definition) is 4. The number of nitrogens with one attached hydrogen (secondary N) is 1. The average molecular weight is 388 g/mol. The van der Waals surface area contributed by atoms with E-state index >= 15 is 0 Å². The number of phenols is 1. The number of amides is 1. The van der Waals surface area contributed by atoms with Crippen LogP contribution in [0.3, 0.4) is 0 Å². The summed E-state index contributed by atoms with van der Waals surface area (Å²) < 4.78 is 6.29. The molecule has 0 saturated heterocycles. The van der Waals surface area contributed by atoms with E-state index in [0.717, 1.165) is 31.2 Å². The zero-order valence-electron chi connectivity index (χ0n) is 17.5. The minimum absolute atomic E-state index is 0.0276. The first-order chi connectivity index (χ1) is 13.2. The molecule has 0 radical (unpaired) electrons. The summed E-state index contributed by atoms with van der Waals surface area (Å²) in [5.74, 6) is 1.05. The molecule has 3 unspecified atom stereocenters. The van der Waals surface area contributed by atoms with Crippen LogP contribution in [-0.4, -0.2) is 27.8 Å². The molecule has 3 rings (SSSR count). The van der Waals surface area contributed by atoms with Gasteiger partial charge in [-0.05, 0) is 58.4 Å². The van der Waals surface area contributed by atoms with Crippen LogP contribution in [0.5, 0.6) is 11.5 Å². The summed E-state index contributed by atoms with van der Waals surface area (Å²) in [6, 6.07) is 1.49. The average Bonchev–Trinajstić information content (AvgIpc) is 2.97. The van der Waals surface area contributed by atoms with E-state index in [-0.39, 0.29) is 11.7 Å². The lowest BCUT2D eigenvalue weighted by atomic mass is 9.83. The molecule has 154 valence electrons. The van der Waals surface area contributed by atoms with E-state index in [0.29, 0.717) is 35.8 Å². The molecule has 1 aromatic carbocycles. The Balaban J connectivity index is 1.67. The summed E-state index contributed by atoms with van der Waals surface area (Å²) >= 11 is 0. The fourth-order valence-corrected chi connectivity index (χ4v) is 4.22. The van der Waals surface area contributed by atoms with Crippen molar-refractivity contribution in [3.63, 3.8) is 0 Å². The van der Waals surface area contributed by atoms with Gasteiger partial charge in [0.15, 0.2) is 0 Å². The number of phenolic OH excluding ortho intramolecular Hbond substituents is 1. The molecule has 0 bridgehead atoms. The lowest BCUT2D eigenvalue weighted by Gasteiger charge is -2.41. The van der Waals surface area contributed by atoms with Gasteiger partial charge in [-0.15, -0.1) is 0 Å². The van der Waals surface area contributed by atoms with E-state index in [1.165, 1.54) is 18.1 Å². The van der Waals surface area contributed by atoms with Gasteiger partial charge in [-0.2, -0.15) is 0 Å². The third-order valence-corrected chi connectivity index (χ3v) is 6.15. The van der Waals surface area contributed by atoms with Crippen LogP contribution < -0.4 is 10.1 Å². The maximum Gasteiger partial charge on any atom is 0.252 e. The molecular formula is C23H33NO4.